The molecule has 0 amide bonds. The molecule has 0 fully saturated rings. The van der Waals surface area contributed by atoms with Crippen LogP contribution in [0.15, 0.2) is 0 Å². The Morgan fingerprint density at radius 2 is 1.90 bits per heavy atom. The minimum absolute atomic E-state index is 0.846. The van der Waals surface area contributed by atoms with E-state index in [1.54, 1.807) is 0 Å². The van der Waals surface area contributed by atoms with Crippen molar-refractivity contribution in [2.75, 3.05) is 13.6 Å². The van der Waals surface area contributed by atoms with Crippen molar-refractivity contribution in [1.29, 1.82) is 0 Å². The second-order valence-corrected chi connectivity index (χ2v) is 3.30. The molecule has 62 valence electrons. The average Bonchev–Trinajstić information content (AvgIpc) is 1.89. The van der Waals surface area contributed by atoms with Gasteiger partial charge in [-0.25, -0.2) is 0 Å². The van der Waals surface area contributed by atoms with Gasteiger partial charge < -0.3 is 5.32 Å². The smallest absolute Gasteiger partial charge is 0.00492 e. The van der Waals surface area contributed by atoms with Crippen molar-refractivity contribution >= 4 is 0 Å². The molecule has 0 rings (SSSR count). The molecule has 0 aromatic heterocycles. The molecule has 1 heteroatoms. The van der Waals surface area contributed by atoms with Gasteiger partial charge in [0.05, 0.1) is 0 Å². The Kier molecular flexibility index (Phi) is 5.70. The van der Waals surface area contributed by atoms with Crippen molar-refractivity contribution in [3.8, 4) is 0 Å². The Bertz CT molecular complexity index is 69.1. The number of rotatable bonds is 5. The molecule has 0 bridgehead atoms. The number of hydrogen-bond acceptors (Lipinski definition) is 1. The fraction of sp³-hybridized carbons (Fsp3) is 1.00. The van der Waals surface area contributed by atoms with Gasteiger partial charge in [0.25, 0.3) is 0 Å². The molecule has 0 saturated carbocycles. The fourth-order valence-electron chi connectivity index (χ4n) is 1.34. The van der Waals surface area contributed by atoms with Crippen LogP contribution in [-0.2, 0) is 0 Å². The molecule has 0 aliphatic rings. The second-order valence-electron chi connectivity index (χ2n) is 3.30. The highest BCUT2D eigenvalue weighted by Crippen LogP contribution is 2.17. The molecule has 1 atom stereocenters. The van der Waals surface area contributed by atoms with Gasteiger partial charge in [0.1, 0.15) is 0 Å². The summed E-state index contributed by atoms with van der Waals surface area (Å²) in [5, 5.41) is 3.19. The Morgan fingerprint density at radius 1 is 1.30 bits per heavy atom. The lowest BCUT2D eigenvalue weighted by Crippen LogP contribution is -2.16. The first-order valence-corrected chi connectivity index (χ1v) is 4.37. The first kappa shape index (κ1) is 9.96. The zero-order valence-electron chi connectivity index (χ0n) is 7.78. The maximum atomic E-state index is 3.19. The Morgan fingerprint density at radius 3 is 2.20 bits per heavy atom. The van der Waals surface area contributed by atoms with Crippen molar-refractivity contribution in [3.63, 3.8) is 0 Å². The minimum atomic E-state index is 0.846. The molecule has 0 saturated heterocycles. The zero-order chi connectivity index (χ0) is 7.98. The van der Waals surface area contributed by atoms with E-state index in [9.17, 15) is 0 Å². The summed E-state index contributed by atoms with van der Waals surface area (Å²) in [6.07, 6.45) is 2.64. The molecule has 0 heterocycles. The second kappa shape index (κ2) is 5.72. The third-order valence-corrected chi connectivity index (χ3v) is 2.23. The predicted octanol–water partition coefficient (Wildman–Crippen LogP) is 2.28. The first-order valence-electron chi connectivity index (χ1n) is 4.37. The van der Waals surface area contributed by atoms with Gasteiger partial charge in [-0.1, -0.05) is 27.2 Å². The number of hydrogen-bond donors (Lipinski definition) is 1. The van der Waals surface area contributed by atoms with Gasteiger partial charge in [0, 0.05) is 0 Å². The van der Waals surface area contributed by atoms with Crippen LogP contribution in [0.3, 0.4) is 0 Å². The van der Waals surface area contributed by atoms with E-state index < -0.39 is 0 Å². The zero-order valence-corrected chi connectivity index (χ0v) is 7.78. The summed E-state index contributed by atoms with van der Waals surface area (Å²) in [4.78, 5) is 0. The molecule has 0 aromatic carbocycles. The first-order chi connectivity index (χ1) is 4.72. The van der Waals surface area contributed by atoms with Crippen LogP contribution in [0.4, 0.5) is 0 Å². The molecule has 0 spiro atoms. The van der Waals surface area contributed by atoms with Crippen molar-refractivity contribution in [1.82, 2.24) is 5.32 Å². The van der Waals surface area contributed by atoms with Crippen molar-refractivity contribution in [2.45, 2.75) is 33.6 Å². The molecule has 0 aliphatic heterocycles. The standard InChI is InChI=1S/C9H21N/c1-5-9(8(2)3)6-7-10-4/h8-10H,5-7H2,1-4H3. The third-order valence-electron chi connectivity index (χ3n) is 2.23. The summed E-state index contributed by atoms with van der Waals surface area (Å²) in [6.45, 7) is 8.06. The summed E-state index contributed by atoms with van der Waals surface area (Å²) in [5.74, 6) is 1.76. The van der Waals surface area contributed by atoms with Crippen LogP contribution in [0.5, 0.6) is 0 Å². The normalized spacial score (nSPS) is 14.1. The molecular formula is C9H21N. The molecule has 10 heavy (non-hydrogen) atoms. The van der Waals surface area contributed by atoms with E-state index in [2.05, 4.69) is 26.1 Å². The van der Waals surface area contributed by atoms with Gasteiger partial charge >= 0.3 is 0 Å². The van der Waals surface area contributed by atoms with Crippen molar-refractivity contribution in [3.05, 3.63) is 0 Å². The lowest BCUT2D eigenvalue weighted by Gasteiger charge is -2.18. The predicted molar refractivity (Wildman–Crippen MR) is 47.2 cm³/mol. The molecule has 1 unspecified atom stereocenters. The molecule has 1 nitrogen and oxygen atoms in total. The van der Waals surface area contributed by atoms with Gasteiger partial charge in [0.2, 0.25) is 0 Å². The molecule has 1 N–H and O–H groups in total. The van der Waals surface area contributed by atoms with Gasteiger partial charge in [0.15, 0.2) is 0 Å². The fourth-order valence-corrected chi connectivity index (χ4v) is 1.34. The van der Waals surface area contributed by atoms with Gasteiger partial charge in [-0.2, -0.15) is 0 Å². The van der Waals surface area contributed by atoms with E-state index in [0.29, 0.717) is 0 Å². The largest absolute Gasteiger partial charge is 0.320 e. The lowest BCUT2D eigenvalue weighted by atomic mass is 9.90. The minimum Gasteiger partial charge on any atom is -0.320 e. The Hall–Kier alpha value is -0.0400. The highest BCUT2D eigenvalue weighted by atomic mass is 14.8. The van der Waals surface area contributed by atoms with Gasteiger partial charge in [-0.15, -0.1) is 0 Å². The summed E-state index contributed by atoms with van der Waals surface area (Å²) in [5.41, 5.74) is 0. The van der Waals surface area contributed by atoms with Crippen LogP contribution in [0, 0.1) is 11.8 Å². The summed E-state index contributed by atoms with van der Waals surface area (Å²) in [7, 11) is 2.02. The van der Waals surface area contributed by atoms with Crippen LogP contribution < -0.4 is 5.32 Å². The average molecular weight is 143 g/mol. The highest BCUT2D eigenvalue weighted by molar-refractivity contribution is 4.61. The van der Waals surface area contributed by atoms with E-state index in [4.69, 9.17) is 0 Å². The van der Waals surface area contributed by atoms with Crippen LogP contribution in [0.2, 0.25) is 0 Å². The van der Waals surface area contributed by atoms with E-state index in [1.165, 1.54) is 12.8 Å². The third kappa shape index (κ3) is 3.89. The van der Waals surface area contributed by atoms with E-state index in [0.717, 1.165) is 18.4 Å². The van der Waals surface area contributed by atoms with Crippen LogP contribution in [-0.4, -0.2) is 13.6 Å². The molecular weight excluding hydrogens is 122 g/mol. The molecule has 0 aromatic rings. The van der Waals surface area contributed by atoms with Crippen molar-refractivity contribution < 1.29 is 0 Å². The topological polar surface area (TPSA) is 12.0 Å². The summed E-state index contributed by atoms with van der Waals surface area (Å²) in [6, 6.07) is 0. The van der Waals surface area contributed by atoms with E-state index in [-0.39, 0.29) is 0 Å². The SMILES string of the molecule is CCC(CCNC)C(C)C. The maximum Gasteiger partial charge on any atom is -0.00492 e. The summed E-state index contributed by atoms with van der Waals surface area (Å²) < 4.78 is 0. The quantitative estimate of drug-likeness (QED) is 0.622. The number of nitrogens with one attached hydrogen (secondary N) is 1. The van der Waals surface area contributed by atoms with Crippen LogP contribution in [0.25, 0.3) is 0 Å². The van der Waals surface area contributed by atoms with Gasteiger partial charge in [-0.3, -0.25) is 0 Å². The highest BCUT2D eigenvalue weighted by Gasteiger charge is 2.08. The van der Waals surface area contributed by atoms with Crippen LogP contribution in [0.1, 0.15) is 33.6 Å². The Labute approximate surface area is 65.2 Å². The van der Waals surface area contributed by atoms with Gasteiger partial charge in [-0.05, 0) is 31.8 Å². The lowest BCUT2D eigenvalue weighted by molar-refractivity contribution is 0.346. The van der Waals surface area contributed by atoms with Crippen molar-refractivity contribution in [2.24, 2.45) is 11.8 Å². The maximum absolute atomic E-state index is 3.19. The molecule has 0 aliphatic carbocycles. The van der Waals surface area contributed by atoms with Crippen LogP contribution >= 0.6 is 0 Å². The molecule has 0 radical (unpaired) electrons. The summed E-state index contributed by atoms with van der Waals surface area (Å²) >= 11 is 0. The monoisotopic (exact) mass is 143 g/mol. The van der Waals surface area contributed by atoms with E-state index in [1.807, 2.05) is 7.05 Å². The Balaban J connectivity index is 3.40. The van der Waals surface area contributed by atoms with E-state index >= 15 is 0 Å².